The van der Waals surface area contributed by atoms with Crippen LogP contribution in [0.25, 0.3) is 0 Å². The van der Waals surface area contributed by atoms with E-state index < -0.39 is 0 Å². The molecule has 1 aromatic rings. The first-order valence-corrected chi connectivity index (χ1v) is 7.35. The van der Waals surface area contributed by atoms with Crippen molar-refractivity contribution in [3.05, 3.63) is 35.9 Å². The molecule has 4 nitrogen and oxygen atoms in total. The minimum atomic E-state index is 0.0572. The second kappa shape index (κ2) is 7.90. The van der Waals surface area contributed by atoms with Gasteiger partial charge in [0.25, 0.3) is 0 Å². The summed E-state index contributed by atoms with van der Waals surface area (Å²) in [5, 5.41) is 3.01. The number of rotatable bonds is 5. The number of likely N-dealkylation sites (tertiary alicyclic amines) is 1. The number of carbonyl (C=O) groups is 1. The smallest absolute Gasteiger partial charge is 0.317 e. The van der Waals surface area contributed by atoms with Gasteiger partial charge in [0.15, 0.2) is 0 Å². The van der Waals surface area contributed by atoms with Crippen LogP contribution in [0.2, 0.25) is 0 Å². The molecular weight excluding hydrogens is 252 g/mol. The predicted octanol–water partition coefficient (Wildman–Crippen LogP) is 2.30. The van der Waals surface area contributed by atoms with Crippen LogP contribution in [0, 0.1) is 5.92 Å². The molecule has 0 aromatic heterocycles. The average Bonchev–Trinajstić information content (AvgIpc) is 2.49. The number of nitrogens with zero attached hydrogens (tertiary/aromatic N) is 1. The van der Waals surface area contributed by atoms with Crippen molar-refractivity contribution >= 4 is 6.03 Å². The molecule has 1 N–H and O–H groups in total. The molecule has 1 atom stereocenters. The second-order valence-corrected chi connectivity index (χ2v) is 5.38. The second-order valence-electron chi connectivity index (χ2n) is 5.38. The minimum absolute atomic E-state index is 0.0572. The van der Waals surface area contributed by atoms with E-state index in [1.807, 2.05) is 23.1 Å². The highest BCUT2D eigenvalue weighted by molar-refractivity contribution is 5.74. The lowest BCUT2D eigenvalue weighted by Crippen LogP contribution is -2.46. The largest absolute Gasteiger partial charge is 0.384 e. The zero-order valence-electron chi connectivity index (χ0n) is 12.2. The Morgan fingerprint density at radius 1 is 1.40 bits per heavy atom. The monoisotopic (exact) mass is 276 g/mol. The number of hydrogen-bond acceptors (Lipinski definition) is 2. The van der Waals surface area contributed by atoms with E-state index >= 15 is 0 Å². The van der Waals surface area contributed by atoms with Crippen LogP contribution in [-0.4, -0.2) is 44.3 Å². The molecule has 2 rings (SSSR count). The third-order valence-corrected chi connectivity index (χ3v) is 3.74. The number of piperidine rings is 1. The quantitative estimate of drug-likeness (QED) is 0.896. The van der Waals surface area contributed by atoms with Crippen molar-refractivity contribution < 1.29 is 9.53 Å². The van der Waals surface area contributed by atoms with Gasteiger partial charge in [-0.1, -0.05) is 30.3 Å². The molecule has 0 spiro atoms. The topological polar surface area (TPSA) is 41.6 Å². The van der Waals surface area contributed by atoms with Crippen molar-refractivity contribution in [1.29, 1.82) is 0 Å². The third-order valence-electron chi connectivity index (χ3n) is 3.74. The molecule has 20 heavy (non-hydrogen) atoms. The van der Waals surface area contributed by atoms with E-state index in [9.17, 15) is 4.79 Å². The van der Waals surface area contributed by atoms with Crippen molar-refractivity contribution in [3.63, 3.8) is 0 Å². The maximum absolute atomic E-state index is 12.1. The summed E-state index contributed by atoms with van der Waals surface area (Å²) in [5.74, 6) is 0.480. The first-order valence-electron chi connectivity index (χ1n) is 7.35. The van der Waals surface area contributed by atoms with Gasteiger partial charge in [-0.25, -0.2) is 4.79 Å². The molecule has 4 heteroatoms. The Bertz CT molecular complexity index is 406. The lowest BCUT2D eigenvalue weighted by Gasteiger charge is -2.32. The van der Waals surface area contributed by atoms with Gasteiger partial charge in [-0.05, 0) is 24.8 Å². The van der Waals surface area contributed by atoms with Gasteiger partial charge in [0, 0.05) is 32.7 Å². The fourth-order valence-corrected chi connectivity index (χ4v) is 2.69. The number of amides is 2. The molecule has 1 heterocycles. The number of urea groups is 1. The fraction of sp³-hybridized carbons (Fsp3) is 0.562. The van der Waals surface area contributed by atoms with E-state index in [2.05, 4.69) is 17.4 Å². The van der Waals surface area contributed by atoms with Crippen molar-refractivity contribution in [2.24, 2.45) is 5.92 Å². The van der Waals surface area contributed by atoms with Crippen molar-refractivity contribution in [3.8, 4) is 0 Å². The minimum Gasteiger partial charge on any atom is -0.384 e. The predicted molar refractivity (Wildman–Crippen MR) is 79.7 cm³/mol. The van der Waals surface area contributed by atoms with E-state index in [0.717, 1.165) is 39.0 Å². The highest BCUT2D eigenvalue weighted by Gasteiger charge is 2.23. The summed E-state index contributed by atoms with van der Waals surface area (Å²) in [6.07, 6.45) is 3.10. The van der Waals surface area contributed by atoms with E-state index in [0.29, 0.717) is 12.5 Å². The van der Waals surface area contributed by atoms with Gasteiger partial charge >= 0.3 is 6.03 Å². The third kappa shape index (κ3) is 4.53. The summed E-state index contributed by atoms with van der Waals surface area (Å²) in [7, 11) is 1.72. The van der Waals surface area contributed by atoms with E-state index in [4.69, 9.17) is 4.74 Å². The van der Waals surface area contributed by atoms with Gasteiger partial charge in [0.1, 0.15) is 0 Å². The fourth-order valence-electron chi connectivity index (χ4n) is 2.69. The molecule has 1 aromatic carbocycles. The Hall–Kier alpha value is -1.55. The van der Waals surface area contributed by atoms with Crippen molar-refractivity contribution in [1.82, 2.24) is 10.2 Å². The Morgan fingerprint density at radius 3 is 2.95 bits per heavy atom. The van der Waals surface area contributed by atoms with Gasteiger partial charge in [0.05, 0.1) is 6.61 Å². The highest BCUT2D eigenvalue weighted by Crippen LogP contribution is 2.16. The number of benzene rings is 1. The molecule has 110 valence electrons. The van der Waals surface area contributed by atoms with Gasteiger partial charge in [-0.3, -0.25) is 0 Å². The van der Waals surface area contributed by atoms with Crippen molar-refractivity contribution in [2.45, 2.75) is 19.3 Å². The van der Waals surface area contributed by atoms with Crippen molar-refractivity contribution in [2.75, 3.05) is 33.4 Å². The summed E-state index contributed by atoms with van der Waals surface area (Å²) in [4.78, 5) is 14.0. The van der Waals surface area contributed by atoms with E-state index in [1.165, 1.54) is 5.56 Å². The maximum atomic E-state index is 12.1. The Balaban J connectivity index is 1.71. The summed E-state index contributed by atoms with van der Waals surface area (Å²) in [5.41, 5.74) is 1.25. The molecular formula is C16H24N2O2. The van der Waals surface area contributed by atoms with Crippen LogP contribution in [0.1, 0.15) is 18.4 Å². The number of methoxy groups -OCH3 is 1. The zero-order chi connectivity index (χ0) is 14.2. The zero-order valence-corrected chi connectivity index (χ0v) is 12.2. The van der Waals surface area contributed by atoms with Gasteiger partial charge in [0.2, 0.25) is 0 Å². The molecule has 1 aliphatic heterocycles. The summed E-state index contributed by atoms with van der Waals surface area (Å²) < 4.78 is 5.19. The first kappa shape index (κ1) is 14.9. The molecule has 1 saturated heterocycles. The number of carbonyl (C=O) groups excluding carboxylic acids is 1. The first-order chi connectivity index (χ1) is 9.79. The maximum Gasteiger partial charge on any atom is 0.317 e. The average molecular weight is 276 g/mol. The van der Waals surface area contributed by atoms with Gasteiger partial charge in [-0.2, -0.15) is 0 Å². The number of ether oxygens (including phenoxy) is 1. The molecule has 0 unspecified atom stereocenters. The molecule has 0 aliphatic carbocycles. The summed E-state index contributed by atoms with van der Waals surface area (Å²) >= 11 is 0. The van der Waals surface area contributed by atoms with Crippen LogP contribution >= 0.6 is 0 Å². The molecule has 1 fully saturated rings. The lowest BCUT2D eigenvalue weighted by molar-refractivity contribution is 0.100. The van der Waals surface area contributed by atoms with Crippen LogP contribution in [0.4, 0.5) is 4.79 Å². The van der Waals surface area contributed by atoms with Crippen LogP contribution in [0.15, 0.2) is 30.3 Å². The van der Waals surface area contributed by atoms with Crippen LogP contribution in [-0.2, 0) is 11.2 Å². The molecule has 2 amide bonds. The van der Waals surface area contributed by atoms with E-state index in [-0.39, 0.29) is 6.03 Å². The summed E-state index contributed by atoms with van der Waals surface area (Å²) in [6, 6.07) is 10.3. The highest BCUT2D eigenvalue weighted by atomic mass is 16.5. The molecule has 1 aliphatic rings. The van der Waals surface area contributed by atoms with Crippen LogP contribution < -0.4 is 5.32 Å². The Morgan fingerprint density at radius 2 is 2.20 bits per heavy atom. The number of hydrogen-bond donors (Lipinski definition) is 1. The molecule has 0 bridgehead atoms. The number of nitrogens with one attached hydrogen (secondary N) is 1. The molecule has 0 saturated carbocycles. The molecule has 0 radical (unpaired) electrons. The van der Waals surface area contributed by atoms with Crippen LogP contribution in [0.5, 0.6) is 0 Å². The van der Waals surface area contributed by atoms with E-state index in [1.54, 1.807) is 7.11 Å². The normalized spacial score (nSPS) is 18.9. The van der Waals surface area contributed by atoms with Gasteiger partial charge < -0.3 is 15.0 Å². The Kier molecular flexibility index (Phi) is 5.87. The summed E-state index contributed by atoms with van der Waals surface area (Å²) in [6.45, 7) is 3.10. The Labute approximate surface area is 121 Å². The standard InChI is InChI=1S/C16H24N2O2/c1-20-13-15-8-5-11-18(12-15)16(19)17-10-9-14-6-3-2-4-7-14/h2-4,6-7,15H,5,8-13H2,1H3,(H,17,19)/t15-/m1/s1. The lowest BCUT2D eigenvalue weighted by atomic mass is 9.99. The SMILES string of the molecule is COC[C@@H]1CCCN(C(=O)NCCc2ccccc2)C1. The van der Waals surface area contributed by atoms with Gasteiger partial charge in [-0.15, -0.1) is 0 Å². The van der Waals surface area contributed by atoms with Crippen LogP contribution in [0.3, 0.4) is 0 Å².